The van der Waals surface area contributed by atoms with Crippen LogP contribution in [0.1, 0.15) is 0 Å². The Kier molecular flexibility index (Phi) is 5.89. The number of aromatic nitrogens is 1. The molecule has 0 fully saturated rings. The third-order valence-corrected chi connectivity index (χ3v) is 4.31. The van der Waals surface area contributed by atoms with Crippen LogP contribution in [0.5, 0.6) is 0 Å². The Balaban J connectivity index is 0.00000161. The van der Waals surface area contributed by atoms with E-state index in [0.29, 0.717) is 0 Å². The number of nitrogens with zero attached hydrogens (tertiary/aromatic N) is 3. The van der Waals surface area contributed by atoms with E-state index in [-0.39, 0.29) is 27.9 Å². The topological polar surface area (TPSA) is 61.7 Å². The Morgan fingerprint density at radius 1 is 1.33 bits per heavy atom. The number of thiazole rings is 1. The second kappa shape index (κ2) is 7.67. The van der Waals surface area contributed by atoms with Crippen molar-refractivity contribution in [3.05, 3.63) is 35.7 Å². The van der Waals surface area contributed by atoms with Gasteiger partial charge in [-0.15, -0.1) is 28.3 Å². The fourth-order valence-corrected chi connectivity index (χ4v) is 2.76. The van der Waals surface area contributed by atoms with Crippen LogP contribution in [0, 0.1) is 0 Å². The molecular weight excluding hydrogens is 418 g/mol. The van der Waals surface area contributed by atoms with Gasteiger partial charge in [0.2, 0.25) is 5.13 Å². The standard InChI is InChI=1S/C13H12BrN5S.BrH/c14-10-6-15-18-11(10)7-16-19-13-17-12(8-20-13)9-4-2-1-3-5-9;/h1-8,10-11,18H,(H,17,19);1H/b16-7+;. The van der Waals surface area contributed by atoms with E-state index in [0.717, 1.165) is 16.4 Å². The first-order chi connectivity index (χ1) is 9.83. The molecule has 2 N–H and O–H groups in total. The number of rotatable bonds is 4. The Morgan fingerprint density at radius 2 is 2.14 bits per heavy atom. The lowest BCUT2D eigenvalue weighted by Gasteiger charge is -2.05. The maximum absolute atomic E-state index is 4.49. The summed E-state index contributed by atoms with van der Waals surface area (Å²) in [4.78, 5) is 4.66. The van der Waals surface area contributed by atoms with Crippen molar-refractivity contribution in [2.75, 3.05) is 5.43 Å². The molecule has 110 valence electrons. The van der Waals surface area contributed by atoms with E-state index in [4.69, 9.17) is 0 Å². The van der Waals surface area contributed by atoms with Crippen LogP contribution in [0.15, 0.2) is 45.9 Å². The molecule has 2 heterocycles. The first-order valence-corrected chi connectivity index (χ1v) is 7.85. The minimum atomic E-state index is 0. The highest BCUT2D eigenvalue weighted by molar-refractivity contribution is 9.10. The molecule has 0 saturated carbocycles. The SMILES string of the molecule is Br.BrC1C=NNC1/C=N/Nc1nc(-c2ccccc2)cs1. The fourth-order valence-electron chi connectivity index (χ4n) is 1.72. The lowest BCUT2D eigenvalue weighted by Crippen LogP contribution is -2.29. The first-order valence-electron chi connectivity index (χ1n) is 6.06. The highest BCUT2D eigenvalue weighted by atomic mass is 79.9. The Hall–Kier alpha value is -1.25. The molecule has 21 heavy (non-hydrogen) atoms. The van der Waals surface area contributed by atoms with Gasteiger partial charge in [0.1, 0.15) is 0 Å². The van der Waals surface area contributed by atoms with Crippen LogP contribution in [0.25, 0.3) is 11.3 Å². The number of anilines is 1. The molecule has 2 atom stereocenters. The van der Waals surface area contributed by atoms with Crippen molar-refractivity contribution >= 4 is 61.8 Å². The van der Waals surface area contributed by atoms with Crippen LogP contribution in [0.2, 0.25) is 0 Å². The molecular formula is C13H13Br2N5S. The molecule has 5 nitrogen and oxygen atoms in total. The lowest BCUT2D eigenvalue weighted by atomic mass is 10.2. The van der Waals surface area contributed by atoms with Gasteiger partial charge in [-0.1, -0.05) is 46.3 Å². The number of benzene rings is 1. The molecule has 1 aromatic heterocycles. The molecule has 2 aromatic rings. The minimum Gasteiger partial charge on any atom is -0.300 e. The number of hydrogen-bond acceptors (Lipinski definition) is 6. The molecule has 1 aliphatic rings. The van der Waals surface area contributed by atoms with Crippen LogP contribution < -0.4 is 10.9 Å². The van der Waals surface area contributed by atoms with E-state index in [2.05, 4.69) is 42.0 Å². The van der Waals surface area contributed by atoms with E-state index in [1.807, 2.05) is 35.7 Å². The number of hydrazone groups is 2. The van der Waals surface area contributed by atoms with E-state index >= 15 is 0 Å². The van der Waals surface area contributed by atoms with Crippen LogP contribution >= 0.6 is 44.2 Å². The van der Waals surface area contributed by atoms with Gasteiger partial charge in [0.05, 0.1) is 22.8 Å². The Labute approximate surface area is 145 Å². The molecule has 1 aliphatic heterocycles. The summed E-state index contributed by atoms with van der Waals surface area (Å²) in [6.45, 7) is 0. The summed E-state index contributed by atoms with van der Waals surface area (Å²) < 4.78 is 0. The second-order valence-corrected chi connectivity index (χ2v) is 6.09. The average molecular weight is 431 g/mol. The summed E-state index contributed by atoms with van der Waals surface area (Å²) in [5, 5.41) is 10.9. The zero-order valence-corrected chi connectivity index (χ0v) is 14.9. The summed E-state index contributed by atoms with van der Waals surface area (Å²) in [5.74, 6) is 0. The highest BCUT2D eigenvalue weighted by Gasteiger charge is 2.18. The van der Waals surface area contributed by atoms with E-state index in [1.165, 1.54) is 11.3 Å². The summed E-state index contributed by atoms with van der Waals surface area (Å²) in [6, 6.07) is 10.1. The van der Waals surface area contributed by atoms with Gasteiger partial charge in [0.15, 0.2) is 0 Å². The fraction of sp³-hybridized carbons (Fsp3) is 0.154. The molecule has 0 saturated heterocycles. The zero-order chi connectivity index (χ0) is 13.8. The predicted molar refractivity (Wildman–Crippen MR) is 98.1 cm³/mol. The van der Waals surface area contributed by atoms with Crippen LogP contribution in [0.4, 0.5) is 5.13 Å². The Morgan fingerprint density at radius 3 is 2.86 bits per heavy atom. The van der Waals surface area contributed by atoms with Crippen LogP contribution in [-0.2, 0) is 0 Å². The smallest absolute Gasteiger partial charge is 0.203 e. The predicted octanol–water partition coefficient (Wildman–Crippen LogP) is 3.51. The van der Waals surface area contributed by atoms with Crippen molar-refractivity contribution in [2.24, 2.45) is 10.2 Å². The van der Waals surface area contributed by atoms with Gasteiger partial charge in [-0.05, 0) is 0 Å². The molecule has 0 bridgehead atoms. The van der Waals surface area contributed by atoms with Crippen molar-refractivity contribution in [3.8, 4) is 11.3 Å². The molecule has 8 heteroatoms. The molecule has 0 spiro atoms. The molecule has 2 unspecified atom stereocenters. The normalized spacial score (nSPS) is 20.2. The summed E-state index contributed by atoms with van der Waals surface area (Å²) in [5.41, 5.74) is 7.94. The van der Waals surface area contributed by atoms with Crippen molar-refractivity contribution in [3.63, 3.8) is 0 Å². The van der Waals surface area contributed by atoms with Crippen molar-refractivity contribution in [1.29, 1.82) is 0 Å². The molecule has 3 rings (SSSR count). The van der Waals surface area contributed by atoms with Crippen molar-refractivity contribution < 1.29 is 0 Å². The molecule has 0 aliphatic carbocycles. The third-order valence-electron chi connectivity index (χ3n) is 2.75. The molecule has 0 amide bonds. The largest absolute Gasteiger partial charge is 0.300 e. The first kappa shape index (κ1) is 16.1. The zero-order valence-electron chi connectivity index (χ0n) is 10.8. The Bertz CT molecular complexity index is 629. The monoisotopic (exact) mass is 429 g/mol. The molecule has 0 radical (unpaired) electrons. The highest BCUT2D eigenvalue weighted by Crippen LogP contribution is 2.24. The van der Waals surface area contributed by atoms with Crippen LogP contribution in [-0.4, -0.2) is 28.3 Å². The van der Waals surface area contributed by atoms with Crippen molar-refractivity contribution in [1.82, 2.24) is 10.4 Å². The van der Waals surface area contributed by atoms with Gasteiger partial charge in [0.25, 0.3) is 0 Å². The number of alkyl halides is 1. The summed E-state index contributed by atoms with van der Waals surface area (Å²) in [7, 11) is 0. The third kappa shape index (κ3) is 4.12. The van der Waals surface area contributed by atoms with Crippen LogP contribution in [0.3, 0.4) is 0 Å². The number of nitrogens with one attached hydrogen (secondary N) is 2. The van der Waals surface area contributed by atoms with Gasteiger partial charge in [-0.25, -0.2) is 4.98 Å². The summed E-state index contributed by atoms with van der Waals surface area (Å²) in [6.07, 6.45) is 3.57. The van der Waals surface area contributed by atoms with E-state index in [1.54, 1.807) is 12.4 Å². The van der Waals surface area contributed by atoms with E-state index < -0.39 is 0 Å². The van der Waals surface area contributed by atoms with Gasteiger partial charge in [-0.3, -0.25) is 5.43 Å². The summed E-state index contributed by atoms with van der Waals surface area (Å²) >= 11 is 5.01. The number of halogens is 2. The molecule has 1 aromatic carbocycles. The maximum atomic E-state index is 4.49. The maximum Gasteiger partial charge on any atom is 0.203 e. The minimum absolute atomic E-state index is 0. The number of hydrogen-bond donors (Lipinski definition) is 2. The lowest BCUT2D eigenvalue weighted by molar-refractivity contribution is 0.742. The van der Waals surface area contributed by atoms with Gasteiger partial charge in [-0.2, -0.15) is 10.2 Å². The quantitative estimate of drug-likeness (QED) is 0.443. The average Bonchev–Trinajstić information content (AvgIpc) is 3.10. The van der Waals surface area contributed by atoms with Gasteiger partial charge < -0.3 is 5.43 Å². The van der Waals surface area contributed by atoms with Gasteiger partial charge >= 0.3 is 0 Å². The van der Waals surface area contributed by atoms with Crippen molar-refractivity contribution in [2.45, 2.75) is 10.9 Å². The van der Waals surface area contributed by atoms with E-state index in [9.17, 15) is 0 Å². The second-order valence-electron chi connectivity index (χ2n) is 4.17. The van der Waals surface area contributed by atoms with Gasteiger partial charge in [0, 0.05) is 17.2 Å².